The second kappa shape index (κ2) is 6.73. The van der Waals surface area contributed by atoms with E-state index in [4.69, 9.17) is 0 Å². The molecule has 0 spiro atoms. The third kappa shape index (κ3) is 3.50. The third-order valence-corrected chi connectivity index (χ3v) is 6.19. The molecule has 2 aliphatic rings. The molecule has 2 saturated heterocycles. The van der Waals surface area contributed by atoms with Crippen LogP contribution in [-0.4, -0.2) is 40.7 Å². The van der Waals surface area contributed by atoms with Gasteiger partial charge in [0.05, 0.1) is 0 Å². The molecule has 2 aliphatic heterocycles. The zero-order chi connectivity index (χ0) is 16.4. The van der Waals surface area contributed by atoms with Gasteiger partial charge in [0.2, 0.25) is 0 Å². The van der Waals surface area contributed by atoms with Crippen molar-refractivity contribution in [2.45, 2.75) is 51.2 Å². The lowest BCUT2D eigenvalue weighted by molar-refractivity contribution is -0.131. The van der Waals surface area contributed by atoms with E-state index in [0.717, 1.165) is 23.5 Å². The molecular weight excluding hydrogens is 308 g/mol. The fourth-order valence-corrected chi connectivity index (χ4v) is 4.66. The van der Waals surface area contributed by atoms with E-state index in [1.165, 1.54) is 24.9 Å². The van der Waals surface area contributed by atoms with E-state index in [9.17, 15) is 9.90 Å². The zero-order valence-corrected chi connectivity index (χ0v) is 14.8. The van der Waals surface area contributed by atoms with Crippen molar-refractivity contribution in [2.24, 2.45) is 0 Å². The Hall–Kier alpha value is -1.20. The fourth-order valence-electron chi connectivity index (χ4n) is 3.42. The predicted octanol–water partition coefficient (Wildman–Crippen LogP) is 3.18. The van der Waals surface area contributed by atoms with Crippen molar-refractivity contribution < 1.29 is 9.90 Å². The van der Waals surface area contributed by atoms with Crippen molar-refractivity contribution in [2.75, 3.05) is 28.3 Å². The molecule has 1 amide bonds. The molecule has 4 nitrogen and oxygen atoms in total. The molecule has 2 N–H and O–H groups in total. The number of rotatable bonds is 3. The summed E-state index contributed by atoms with van der Waals surface area (Å²) in [4.78, 5) is 14.8. The molecule has 2 unspecified atom stereocenters. The third-order valence-electron chi connectivity index (χ3n) is 5.02. The quantitative estimate of drug-likeness (QED) is 0.891. The minimum Gasteiger partial charge on any atom is -0.379 e. The summed E-state index contributed by atoms with van der Waals surface area (Å²) in [5.41, 5.74) is 1.86. The van der Waals surface area contributed by atoms with Gasteiger partial charge in [-0.3, -0.25) is 4.79 Å². The predicted molar refractivity (Wildman–Crippen MR) is 97.4 cm³/mol. The molecule has 1 aromatic rings. The number of nitrogens with zero attached hydrogens (tertiary/aromatic N) is 1. The summed E-state index contributed by atoms with van der Waals surface area (Å²) in [5, 5.41) is 13.3. The molecule has 126 valence electrons. The van der Waals surface area contributed by atoms with Gasteiger partial charge in [0, 0.05) is 29.7 Å². The number of amides is 1. The van der Waals surface area contributed by atoms with E-state index in [0.29, 0.717) is 18.2 Å². The maximum atomic E-state index is 12.3. The van der Waals surface area contributed by atoms with E-state index in [2.05, 4.69) is 29.3 Å². The smallest absolute Gasteiger partial charge is 0.257 e. The van der Waals surface area contributed by atoms with Gasteiger partial charge in [-0.15, -0.1) is 0 Å². The number of benzene rings is 1. The van der Waals surface area contributed by atoms with E-state index < -0.39 is 5.60 Å². The van der Waals surface area contributed by atoms with Gasteiger partial charge in [-0.05, 0) is 69.0 Å². The SMILES string of the molecule is Cc1cc(N2CCCCC2C)ccc1NC(=O)C1(O)CCSC1. The van der Waals surface area contributed by atoms with Crippen molar-refractivity contribution in [3.63, 3.8) is 0 Å². The molecule has 3 rings (SSSR count). The largest absolute Gasteiger partial charge is 0.379 e. The lowest BCUT2D eigenvalue weighted by atomic mass is 10.0. The molecule has 2 atom stereocenters. The Labute approximate surface area is 142 Å². The van der Waals surface area contributed by atoms with Crippen molar-refractivity contribution in [3.8, 4) is 0 Å². The Kier molecular flexibility index (Phi) is 4.87. The van der Waals surface area contributed by atoms with E-state index in [-0.39, 0.29) is 5.91 Å². The minimum absolute atomic E-state index is 0.273. The Morgan fingerprint density at radius 2 is 2.26 bits per heavy atom. The Bertz CT molecular complexity index is 584. The van der Waals surface area contributed by atoms with Crippen molar-refractivity contribution in [3.05, 3.63) is 23.8 Å². The first-order chi connectivity index (χ1) is 11.0. The molecule has 0 saturated carbocycles. The zero-order valence-electron chi connectivity index (χ0n) is 14.0. The number of anilines is 2. The number of piperidine rings is 1. The van der Waals surface area contributed by atoms with Crippen molar-refractivity contribution in [1.29, 1.82) is 0 Å². The van der Waals surface area contributed by atoms with Gasteiger partial charge in [-0.25, -0.2) is 0 Å². The molecule has 23 heavy (non-hydrogen) atoms. The second-order valence-corrected chi connectivity index (χ2v) is 7.93. The van der Waals surface area contributed by atoms with Crippen LogP contribution in [-0.2, 0) is 4.79 Å². The van der Waals surface area contributed by atoms with Crippen LogP contribution in [0.25, 0.3) is 0 Å². The van der Waals surface area contributed by atoms with Crippen LogP contribution in [0.3, 0.4) is 0 Å². The van der Waals surface area contributed by atoms with Gasteiger partial charge >= 0.3 is 0 Å². The molecular formula is C18H26N2O2S. The number of hydrogen-bond acceptors (Lipinski definition) is 4. The molecule has 0 radical (unpaired) electrons. The van der Waals surface area contributed by atoms with Crippen LogP contribution in [0.1, 0.15) is 38.2 Å². The van der Waals surface area contributed by atoms with E-state index >= 15 is 0 Å². The first-order valence-electron chi connectivity index (χ1n) is 8.48. The summed E-state index contributed by atoms with van der Waals surface area (Å²) in [6, 6.07) is 6.76. The van der Waals surface area contributed by atoms with Crippen molar-refractivity contribution in [1.82, 2.24) is 0 Å². The highest BCUT2D eigenvalue weighted by Gasteiger charge is 2.39. The lowest BCUT2D eigenvalue weighted by Crippen LogP contribution is -2.43. The standard InChI is InChI=1S/C18H26N2O2S/c1-13-11-15(20-9-4-3-5-14(20)2)6-7-16(13)19-17(21)18(22)8-10-23-12-18/h6-7,11,14,22H,3-5,8-10,12H2,1-2H3,(H,19,21). The second-order valence-electron chi connectivity index (χ2n) is 6.83. The number of aliphatic hydroxyl groups is 1. The molecule has 2 heterocycles. The molecule has 5 heteroatoms. The minimum atomic E-state index is -1.21. The lowest BCUT2D eigenvalue weighted by Gasteiger charge is -2.35. The normalized spacial score (nSPS) is 28.0. The monoisotopic (exact) mass is 334 g/mol. The molecule has 0 bridgehead atoms. The molecule has 1 aromatic carbocycles. The number of carbonyl (C=O) groups excluding carboxylic acids is 1. The highest BCUT2D eigenvalue weighted by molar-refractivity contribution is 7.99. The van der Waals surface area contributed by atoms with Gasteiger partial charge in [0.15, 0.2) is 5.60 Å². The van der Waals surface area contributed by atoms with Crippen LogP contribution < -0.4 is 10.2 Å². The van der Waals surface area contributed by atoms with Crippen LogP contribution in [0, 0.1) is 6.92 Å². The first-order valence-corrected chi connectivity index (χ1v) is 9.64. The van der Waals surface area contributed by atoms with Crippen LogP contribution in [0.2, 0.25) is 0 Å². The fraction of sp³-hybridized carbons (Fsp3) is 0.611. The van der Waals surface area contributed by atoms with Gasteiger partial charge < -0.3 is 15.3 Å². The maximum Gasteiger partial charge on any atom is 0.257 e. The number of nitrogens with one attached hydrogen (secondary N) is 1. The van der Waals surface area contributed by atoms with E-state index in [1.807, 2.05) is 13.0 Å². The van der Waals surface area contributed by atoms with Crippen LogP contribution in [0.5, 0.6) is 0 Å². The summed E-state index contributed by atoms with van der Waals surface area (Å²) in [7, 11) is 0. The number of carbonyl (C=O) groups is 1. The summed E-state index contributed by atoms with van der Waals surface area (Å²) in [6.45, 7) is 5.39. The first kappa shape index (κ1) is 16.7. The summed E-state index contributed by atoms with van der Waals surface area (Å²) in [6.07, 6.45) is 4.32. The van der Waals surface area contributed by atoms with Gasteiger partial charge in [0.25, 0.3) is 5.91 Å². The summed E-state index contributed by atoms with van der Waals surface area (Å²) >= 11 is 1.63. The molecule has 0 aliphatic carbocycles. The van der Waals surface area contributed by atoms with Crippen molar-refractivity contribution >= 4 is 29.0 Å². The topological polar surface area (TPSA) is 52.6 Å². The van der Waals surface area contributed by atoms with Gasteiger partial charge in [-0.2, -0.15) is 11.8 Å². The van der Waals surface area contributed by atoms with Crippen LogP contribution >= 0.6 is 11.8 Å². The maximum absolute atomic E-state index is 12.3. The summed E-state index contributed by atoms with van der Waals surface area (Å²) in [5.74, 6) is 1.06. The average Bonchev–Trinajstić information content (AvgIpc) is 2.98. The van der Waals surface area contributed by atoms with Crippen LogP contribution in [0.4, 0.5) is 11.4 Å². The highest BCUT2D eigenvalue weighted by Crippen LogP contribution is 2.31. The average molecular weight is 334 g/mol. The summed E-state index contributed by atoms with van der Waals surface area (Å²) < 4.78 is 0. The molecule has 0 aromatic heterocycles. The highest BCUT2D eigenvalue weighted by atomic mass is 32.2. The Morgan fingerprint density at radius 3 is 2.91 bits per heavy atom. The number of hydrogen-bond donors (Lipinski definition) is 2. The van der Waals surface area contributed by atoms with E-state index in [1.54, 1.807) is 11.8 Å². The number of thioether (sulfide) groups is 1. The van der Waals surface area contributed by atoms with Gasteiger partial charge in [0.1, 0.15) is 0 Å². The number of aryl methyl sites for hydroxylation is 1. The Morgan fingerprint density at radius 1 is 1.43 bits per heavy atom. The Balaban J connectivity index is 1.73. The van der Waals surface area contributed by atoms with Crippen LogP contribution in [0.15, 0.2) is 18.2 Å². The molecule has 2 fully saturated rings. The van der Waals surface area contributed by atoms with Gasteiger partial charge in [-0.1, -0.05) is 0 Å².